The number of rotatable bonds is 2. The zero-order valence-corrected chi connectivity index (χ0v) is 12.5. The highest BCUT2D eigenvalue weighted by Gasteiger charge is 2.32. The lowest BCUT2D eigenvalue weighted by atomic mass is 9.95. The van der Waals surface area contributed by atoms with E-state index in [1.165, 1.54) is 30.4 Å². The van der Waals surface area contributed by atoms with Gasteiger partial charge in [0, 0.05) is 12.5 Å². The van der Waals surface area contributed by atoms with Crippen molar-refractivity contribution >= 4 is 11.6 Å². The van der Waals surface area contributed by atoms with Gasteiger partial charge in [-0.05, 0) is 56.8 Å². The predicted molar refractivity (Wildman–Crippen MR) is 79.2 cm³/mol. The van der Waals surface area contributed by atoms with E-state index < -0.39 is 0 Å². The first-order valence-electron chi connectivity index (χ1n) is 7.27. The third-order valence-corrected chi connectivity index (χ3v) is 4.35. The second-order valence-electron chi connectivity index (χ2n) is 6.46. The normalized spacial score (nSPS) is 24.9. The molecule has 0 aliphatic carbocycles. The highest BCUT2D eigenvalue weighted by atomic mass is 35.5. The van der Waals surface area contributed by atoms with Crippen LogP contribution in [0.15, 0.2) is 12.1 Å². The van der Waals surface area contributed by atoms with E-state index in [1.54, 1.807) is 0 Å². The van der Waals surface area contributed by atoms with E-state index in [1.807, 2.05) is 0 Å². The summed E-state index contributed by atoms with van der Waals surface area (Å²) in [5, 5.41) is 4.37. The molecule has 1 aromatic rings. The lowest BCUT2D eigenvalue weighted by molar-refractivity contribution is 0.138. The van der Waals surface area contributed by atoms with Crippen LogP contribution in [0.3, 0.4) is 0 Å². The first-order valence-corrected chi connectivity index (χ1v) is 7.65. The van der Waals surface area contributed by atoms with E-state index in [0.29, 0.717) is 6.04 Å². The zero-order chi connectivity index (χ0) is 13.5. The molecule has 2 heterocycles. The SMILES string of the molecule is CC1(C)Cc2cc(CC3CCCCN3)cc(Cl)c2O1. The molecule has 2 aliphatic rings. The van der Waals surface area contributed by atoms with Crippen LogP contribution >= 0.6 is 11.6 Å². The molecule has 19 heavy (non-hydrogen) atoms. The van der Waals surface area contributed by atoms with Crippen molar-refractivity contribution in [2.75, 3.05) is 6.54 Å². The number of halogens is 1. The van der Waals surface area contributed by atoms with Gasteiger partial charge < -0.3 is 10.1 Å². The zero-order valence-electron chi connectivity index (χ0n) is 11.8. The maximum absolute atomic E-state index is 6.37. The summed E-state index contributed by atoms with van der Waals surface area (Å²) in [5.41, 5.74) is 2.49. The Morgan fingerprint density at radius 1 is 1.37 bits per heavy atom. The third kappa shape index (κ3) is 2.90. The maximum atomic E-state index is 6.37. The molecule has 0 amide bonds. The third-order valence-electron chi connectivity index (χ3n) is 4.07. The van der Waals surface area contributed by atoms with Crippen LogP contribution in [0.5, 0.6) is 5.75 Å². The van der Waals surface area contributed by atoms with Gasteiger partial charge in [-0.15, -0.1) is 0 Å². The molecule has 3 rings (SSSR count). The molecule has 1 fully saturated rings. The topological polar surface area (TPSA) is 21.3 Å². The van der Waals surface area contributed by atoms with E-state index in [4.69, 9.17) is 16.3 Å². The second-order valence-corrected chi connectivity index (χ2v) is 6.86. The first-order chi connectivity index (χ1) is 9.03. The Balaban J connectivity index is 1.79. The van der Waals surface area contributed by atoms with Gasteiger partial charge in [0.25, 0.3) is 0 Å². The fourth-order valence-corrected chi connectivity index (χ4v) is 3.53. The molecule has 0 spiro atoms. The first kappa shape index (κ1) is 13.3. The monoisotopic (exact) mass is 279 g/mol. The van der Waals surface area contributed by atoms with Gasteiger partial charge in [0.1, 0.15) is 11.4 Å². The van der Waals surface area contributed by atoms with Gasteiger partial charge in [-0.25, -0.2) is 0 Å². The average Bonchev–Trinajstić information content (AvgIpc) is 2.65. The number of nitrogens with one attached hydrogen (secondary N) is 1. The Hall–Kier alpha value is -0.730. The molecule has 1 aromatic carbocycles. The lowest BCUT2D eigenvalue weighted by Crippen LogP contribution is -2.35. The van der Waals surface area contributed by atoms with Gasteiger partial charge in [-0.3, -0.25) is 0 Å². The van der Waals surface area contributed by atoms with Gasteiger partial charge in [-0.2, -0.15) is 0 Å². The molecule has 0 aromatic heterocycles. The minimum absolute atomic E-state index is 0.117. The van der Waals surface area contributed by atoms with Crippen LogP contribution in [0, 0.1) is 0 Å². The van der Waals surface area contributed by atoms with Crippen LogP contribution < -0.4 is 10.1 Å². The van der Waals surface area contributed by atoms with Crippen molar-refractivity contribution < 1.29 is 4.74 Å². The summed E-state index contributed by atoms with van der Waals surface area (Å²) >= 11 is 6.37. The van der Waals surface area contributed by atoms with Crippen molar-refractivity contribution in [2.45, 2.75) is 57.6 Å². The number of hydrogen-bond donors (Lipinski definition) is 1. The van der Waals surface area contributed by atoms with Crippen LogP contribution in [-0.4, -0.2) is 18.2 Å². The summed E-state index contributed by atoms with van der Waals surface area (Å²) < 4.78 is 5.92. The van der Waals surface area contributed by atoms with Gasteiger partial charge in [0.2, 0.25) is 0 Å². The van der Waals surface area contributed by atoms with Crippen LogP contribution in [0.1, 0.15) is 44.2 Å². The summed E-state index contributed by atoms with van der Waals surface area (Å²) in [6, 6.07) is 4.97. The molecular weight excluding hydrogens is 258 g/mol. The van der Waals surface area contributed by atoms with Gasteiger partial charge in [-0.1, -0.05) is 24.1 Å². The molecule has 0 radical (unpaired) electrons. The molecule has 1 atom stereocenters. The van der Waals surface area contributed by atoms with Gasteiger partial charge in [0.15, 0.2) is 0 Å². The molecule has 1 N–H and O–H groups in total. The molecule has 1 unspecified atom stereocenters. The van der Waals surface area contributed by atoms with Gasteiger partial charge >= 0.3 is 0 Å². The van der Waals surface area contributed by atoms with E-state index >= 15 is 0 Å². The Morgan fingerprint density at radius 3 is 2.95 bits per heavy atom. The van der Waals surface area contributed by atoms with Crippen molar-refractivity contribution in [3.63, 3.8) is 0 Å². The lowest BCUT2D eigenvalue weighted by Gasteiger charge is -2.23. The Morgan fingerprint density at radius 2 is 2.21 bits per heavy atom. The van der Waals surface area contributed by atoms with E-state index in [-0.39, 0.29) is 5.60 Å². The maximum Gasteiger partial charge on any atom is 0.142 e. The van der Waals surface area contributed by atoms with E-state index in [0.717, 1.165) is 30.2 Å². The summed E-state index contributed by atoms with van der Waals surface area (Å²) in [4.78, 5) is 0. The van der Waals surface area contributed by atoms with Crippen LogP contribution in [-0.2, 0) is 12.8 Å². The highest BCUT2D eigenvalue weighted by Crippen LogP contribution is 2.41. The number of benzene rings is 1. The number of ether oxygens (including phenoxy) is 1. The predicted octanol–water partition coefficient (Wildman–Crippen LogP) is 3.74. The largest absolute Gasteiger partial charge is 0.486 e. The Bertz CT molecular complexity index is 478. The molecule has 1 saturated heterocycles. The van der Waals surface area contributed by atoms with Crippen molar-refractivity contribution in [3.8, 4) is 5.75 Å². The van der Waals surface area contributed by atoms with Crippen LogP contribution in [0.25, 0.3) is 0 Å². The summed E-state index contributed by atoms with van der Waals surface area (Å²) in [6.45, 7) is 5.39. The highest BCUT2D eigenvalue weighted by molar-refractivity contribution is 6.32. The molecule has 0 saturated carbocycles. The van der Waals surface area contributed by atoms with Crippen molar-refractivity contribution in [3.05, 3.63) is 28.3 Å². The second kappa shape index (κ2) is 4.99. The van der Waals surface area contributed by atoms with Crippen molar-refractivity contribution in [1.82, 2.24) is 5.32 Å². The quantitative estimate of drug-likeness (QED) is 0.890. The van der Waals surface area contributed by atoms with Gasteiger partial charge in [0.05, 0.1) is 5.02 Å². The average molecular weight is 280 g/mol. The van der Waals surface area contributed by atoms with Crippen molar-refractivity contribution in [1.29, 1.82) is 0 Å². The molecule has 2 nitrogen and oxygen atoms in total. The van der Waals surface area contributed by atoms with Crippen LogP contribution in [0.2, 0.25) is 5.02 Å². The minimum atomic E-state index is -0.117. The summed E-state index contributed by atoms with van der Waals surface area (Å²) in [6.07, 6.45) is 5.95. The van der Waals surface area contributed by atoms with Crippen LogP contribution in [0.4, 0.5) is 0 Å². The van der Waals surface area contributed by atoms with E-state index in [2.05, 4.69) is 31.3 Å². The number of fused-ring (bicyclic) bond motifs is 1. The molecule has 3 heteroatoms. The van der Waals surface area contributed by atoms with Crippen molar-refractivity contribution in [2.24, 2.45) is 0 Å². The molecular formula is C16H22ClNO. The Labute approximate surface area is 120 Å². The fourth-order valence-electron chi connectivity index (χ4n) is 3.23. The molecule has 2 aliphatic heterocycles. The minimum Gasteiger partial charge on any atom is -0.486 e. The number of hydrogen-bond acceptors (Lipinski definition) is 2. The number of piperidine rings is 1. The summed E-state index contributed by atoms with van der Waals surface area (Å²) in [7, 11) is 0. The van der Waals surface area contributed by atoms with E-state index in [9.17, 15) is 0 Å². The molecule has 104 valence electrons. The molecule has 0 bridgehead atoms. The Kier molecular flexibility index (Phi) is 3.48. The standard InChI is InChI=1S/C16H22ClNO/c1-16(2)10-12-7-11(9-14(17)15(12)19-16)8-13-5-3-4-6-18-13/h7,9,13,18H,3-6,8,10H2,1-2H3. The summed E-state index contributed by atoms with van der Waals surface area (Å²) in [5.74, 6) is 0.895. The smallest absolute Gasteiger partial charge is 0.142 e. The fraction of sp³-hybridized carbons (Fsp3) is 0.625.